The van der Waals surface area contributed by atoms with E-state index < -0.39 is 0 Å². The first-order valence-electron chi connectivity index (χ1n) is 10.6. The van der Waals surface area contributed by atoms with Crippen LogP contribution in [0.4, 0.5) is 10.1 Å². The number of anilines is 1. The van der Waals surface area contributed by atoms with Gasteiger partial charge in [0.1, 0.15) is 11.6 Å². The van der Waals surface area contributed by atoms with Crippen LogP contribution in [0.2, 0.25) is 0 Å². The van der Waals surface area contributed by atoms with Gasteiger partial charge in [0, 0.05) is 31.1 Å². The minimum atomic E-state index is -0.245. The van der Waals surface area contributed by atoms with E-state index in [1.807, 2.05) is 36.9 Å². The summed E-state index contributed by atoms with van der Waals surface area (Å²) in [5.41, 5.74) is 6.16. The van der Waals surface area contributed by atoms with E-state index in [9.17, 15) is 9.18 Å². The van der Waals surface area contributed by atoms with Gasteiger partial charge in [-0.1, -0.05) is 36.4 Å². The van der Waals surface area contributed by atoms with Gasteiger partial charge in [-0.2, -0.15) is 0 Å². The fourth-order valence-electron chi connectivity index (χ4n) is 4.47. The van der Waals surface area contributed by atoms with Gasteiger partial charge in [-0.05, 0) is 60.9 Å². The Morgan fingerprint density at radius 3 is 2.61 bits per heavy atom. The molecular formula is C26H24FN3O. The first-order chi connectivity index (χ1) is 15.0. The van der Waals surface area contributed by atoms with Crippen LogP contribution in [-0.2, 0) is 11.3 Å². The summed E-state index contributed by atoms with van der Waals surface area (Å²) < 4.78 is 15.6. The number of nitrogens with zero attached hydrogens (tertiary/aromatic N) is 3. The van der Waals surface area contributed by atoms with Crippen molar-refractivity contribution in [1.29, 1.82) is 0 Å². The molecular weight excluding hydrogens is 389 g/mol. The number of rotatable bonds is 4. The Kier molecular flexibility index (Phi) is 4.81. The summed E-state index contributed by atoms with van der Waals surface area (Å²) in [6, 6.07) is 20.8. The molecule has 0 unspecified atom stereocenters. The topological polar surface area (TPSA) is 38.1 Å². The molecule has 1 atom stereocenters. The first kappa shape index (κ1) is 19.5. The number of hydrogen-bond donors (Lipinski definition) is 0. The van der Waals surface area contributed by atoms with Crippen molar-refractivity contribution >= 4 is 22.6 Å². The quantitative estimate of drug-likeness (QED) is 0.452. The number of aromatic nitrogens is 2. The number of amides is 1. The minimum absolute atomic E-state index is 0.000241. The lowest BCUT2D eigenvalue weighted by molar-refractivity contribution is -0.117. The van der Waals surface area contributed by atoms with E-state index in [0.29, 0.717) is 19.5 Å². The van der Waals surface area contributed by atoms with E-state index in [2.05, 4.69) is 28.8 Å². The second-order valence-electron chi connectivity index (χ2n) is 8.37. The van der Waals surface area contributed by atoms with Crippen molar-refractivity contribution < 1.29 is 9.18 Å². The zero-order valence-electron chi connectivity index (χ0n) is 17.7. The molecule has 0 bridgehead atoms. The van der Waals surface area contributed by atoms with Crippen molar-refractivity contribution in [2.45, 2.75) is 32.7 Å². The molecule has 1 fully saturated rings. The van der Waals surface area contributed by atoms with Crippen LogP contribution >= 0.6 is 0 Å². The lowest BCUT2D eigenvalue weighted by Gasteiger charge is -2.20. The van der Waals surface area contributed by atoms with Crippen LogP contribution in [0.3, 0.4) is 0 Å². The number of carbonyl (C=O) groups excluding carboxylic acids is 1. The third-order valence-corrected chi connectivity index (χ3v) is 6.08. The molecule has 0 saturated carbocycles. The SMILES string of the molecule is Cc1ccc(C)c(N2C[C@@H](c3nc4ccccc4n3Cc3ccc(F)cc3)CC2=O)c1. The van der Waals surface area contributed by atoms with Crippen LogP contribution in [0.15, 0.2) is 66.7 Å². The number of para-hydroxylation sites is 2. The van der Waals surface area contributed by atoms with Crippen molar-refractivity contribution in [1.82, 2.24) is 9.55 Å². The number of benzene rings is 3. The Hall–Kier alpha value is -3.47. The number of halogens is 1. The monoisotopic (exact) mass is 413 g/mol. The highest BCUT2D eigenvalue weighted by Gasteiger charge is 2.35. The van der Waals surface area contributed by atoms with E-state index in [1.165, 1.54) is 12.1 Å². The van der Waals surface area contributed by atoms with Gasteiger partial charge in [0.15, 0.2) is 0 Å². The van der Waals surface area contributed by atoms with Gasteiger partial charge < -0.3 is 9.47 Å². The first-order valence-corrected chi connectivity index (χ1v) is 10.6. The van der Waals surface area contributed by atoms with Crippen LogP contribution in [0.5, 0.6) is 0 Å². The lowest BCUT2D eigenvalue weighted by atomic mass is 10.1. The molecule has 0 aliphatic carbocycles. The minimum Gasteiger partial charge on any atom is -0.323 e. The van der Waals surface area contributed by atoms with Crippen molar-refractivity contribution in [3.05, 3.63) is 95.1 Å². The summed E-state index contributed by atoms with van der Waals surface area (Å²) in [6.45, 7) is 5.28. The summed E-state index contributed by atoms with van der Waals surface area (Å²) in [6.07, 6.45) is 0.431. The molecule has 3 aromatic carbocycles. The van der Waals surface area contributed by atoms with Crippen LogP contribution in [-0.4, -0.2) is 22.0 Å². The Labute approximate surface area is 181 Å². The molecule has 5 heteroatoms. The molecule has 0 N–H and O–H groups in total. The highest BCUT2D eigenvalue weighted by Crippen LogP contribution is 2.35. The molecule has 1 saturated heterocycles. The third-order valence-electron chi connectivity index (χ3n) is 6.08. The smallest absolute Gasteiger partial charge is 0.227 e. The van der Waals surface area contributed by atoms with Crippen molar-refractivity contribution in [3.63, 3.8) is 0 Å². The molecule has 31 heavy (non-hydrogen) atoms. The maximum atomic E-state index is 13.4. The zero-order valence-corrected chi connectivity index (χ0v) is 17.7. The third kappa shape index (κ3) is 3.61. The van der Waals surface area contributed by atoms with Crippen molar-refractivity contribution in [2.75, 3.05) is 11.4 Å². The van der Waals surface area contributed by atoms with Crippen LogP contribution in [0, 0.1) is 19.7 Å². The van der Waals surface area contributed by atoms with E-state index in [-0.39, 0.29) is 17.6 Å². The number of aryl methyl sites for hydroxylation is 2. The van der Waals surface area contributed by atoms with Gasteiger partial charge in [0.05, 0.1) is 11.0 Å². The fraction of sp³-hybridized carbons (Fsp3) is 0.231. The fourth-order valence-corrected chi connectivity index (χ4v) is 4.47. The molecule has 1 aliphatic rings. The highest BCUT2D eigenvalue weighted by molar-refractivity contribution is 5.97. The second-order valence-corrected chi connectivity index (χ2v) is 8.37. The van der Waals surface area contributed by atoms with Gasteiger partial charge in [-0.3, -0.25) is 4.79 Å². The van der Waals surface area contributed by atoms with Gasteiger partial charge >= 0.3 is 0 Å². The summed E-state index contributed by atoms with van der Waals surface area (Å²) in [5.74, 6) is 0.788. The maximum absolute atomic E-state index is 13.4. The molecule has 1 aliphatic heterocycles. The van der Waals surface area contributed by atoms with Crippen LogP contribution in [0.25, 0.3) is 11.0 Å². The number of carbonyl (C=O) groups is 1. The van der Waals surface area contributed by atoms with Gasteiger partial charge in [-0.15, -0.1) is 0 Å². The Bertz CT molecular complexity index is 1280. The predicted molar refractivity (Wildman–Crippen MR) is 121 cm³/mol. The molecule has 2 heterocycles. The predicted octanol–water partition coefficient (Wildman–Crippen LogP) is 5.36. The normalized spacial score (nSPS) is 16.4. The number of fused-ring (bicyclic) bond motifs is 1. The Morgan fingerprint density at radius 1 is 1.03 bits per heavy atom. The summed E-state index contributed by atoms with van der Waals surface area (Å²) in [5, 5.41) is 0. The summed E-state index contributed by atoms with van der Waals surface area (Å²) >= 11 is 0. The van der Waals surface area contributed by atoms with E-state index in [0.717, 1.165) is 39.2 Å². The van der Waals surface area contributed by atoms with Crippen LogP contribution < -0.4 is 4.90 Å². The van der Waals surface area contributed by atoms with Crippen LogP contribution in [0.1, 0.15) is 34.9 Å². The molecule has 5 rings (SSSR count). The second kappa shape index (κ2) is 7.65. The average Bonchev–Trinajstić information content (AvgIpc) is 3.32. The number of hydrogen-bond acceptors (Lipinski definition) is 2. The maximum Gasteiger partial charge on any atom is 0.227 e. The molecule has 1 amide bonds. The molecule has 0 spiro atoms. The number of imidazole rings is 1. The van der Waals surface area contributed by atoms with Gasteiger partial charge in [0.25, 0.3) is 0 Å². The largest absolute Gasteiger partial charge is 0.323 e. The molecule has 156 valence electrons. The van der Waals surface area contributed by atoms with Gasteiger partial charge in [-0.25, -0.2) is 9.37 Å². The highest BCUT2D eigenvalue weighted by atomic mass is 19.1. The summed E-state index contributed by atoms with van der Waals surface area (Å²) in [7, 11) is 0. The van der Waals surface area contributed by atoms with Crippen molar-refractivity contribution in [3.8, 4) is 0 Å². The Morgan fingerprint density at radius 2 is 1.81 bits per heavy atom. The van der Waals surface area contributed by atoms with E-state index >= 15 is 0 Å². The van der Waals surface area contributed by atoms with Gasteiger partial charge in [0.2, 0.25) is 5.91 Å². The van der Waals surface area contributed by atoms with E-state index in [1.54, 1.807) is 12.1 Å². The lowest BCUT2D eigenvalue weighted by Crippen LogP contribution is -2.25. The standard InChI is InChI=1S/C26H24FN3O/c1-17-7-8-18(2)24(13-17)29-16-20(14-25(29)31)26-28-22-5-3-4-6-23(22)30(26)15-19-9-11-21(27)12-10-19/h3-13,20H,14-16H2,1-2H3/t20-/m0/s1. The molecule has 0 radical (unpaired) electrons. The molecule has 4 nitrogen and oxygen atoms in total. The Balaban J connectivity index is 1.53. The molecule has 1 aromatic heterocycles. The summed E-state index contributed by atoms with van der Waals surface area (Å²) in [4.78, 5) is 19.8. The zero-order chi connectivity index (χ0) is 21.5. The van der Waals surface area contributed by atoms with E-state index in [4.69, 9.17) is 4.98 Å². The average molecular weight is 413 g/mol. The molecule has 4 aromatic rings. The van der Waals surface area contributed by atoms with Crippen molar-refractivity contribution in [2.24, 2.45) is 0 Å².